The summed E-state index contributed by atoms with van der Waals surface area (Å²) in [6.07, 6.45) is 3.46. The van der Waals surface area contributed by atoms with Crippen LogP contribution >= 0.6 is 11.3 Å². The first-order valence-electron chi connectivity index (χ1n) is 7.52. The largest absolute Gasteiger partial charge is 0.444 e. The molecule has 6 heteroatoms. The number of hydrogen-bond acceptors (Lipinski definition) is 4. The van der Waals surface area contributed by atoms with Gasteiger partial charge in [-0.2, -0.15) is 0 Å². The SMILES string of the molecule is CC(C)(C)OC(=O)N1CCC[C@H]1c1ncc(-c2cccs2)[nH]1. The number of amides is 1. The Morgan fingerprint density at radius 3 is 3.00 bits per heavy atom. The third kappa shape index (κ3) is 3.16. The van der Waals surface area contributed by atoms with Crippen molar-refractivity contribution in [1.29, 1.82) is 0 Å². The summed E-state index contributed by atoms with van der Waals surface area (Å²) in [6.45, 7) is 6.38. The van der Waals surface area contributed by atoms with E-state index in [0.717, 1.165) is 29.2 Å². The minimum absolute atomic E-state index is 0.0245. The molecule has 0 bridgehead atoms. The Morgan fingerprint density at radius 1 is 1.50 bits per heavy atom. The highest BCUT2D eigenvalue weighted by Crippen LogP contribution is 2.33. The van der Waals surface area contributed by atoms with Crippen LogP contribution in [0.15, 0.2) is 23.7 Å². The molecule has 2 aromatic rings. The first-order valence-corrected chi connectivity index (χ1v) is 8.40. The molecule has 1 N–H and O–H groups in total. The fraction of sp³-hybridized carbons (Fsp3) is 0.500. The van der Waals surface area contributed by atoms with Gasteiger partial charge in [0.25, 0.3) is 0 Å². The lowest BCUT2D eigenvalue weighted by Crippen LogP contribution is -2.36. The summed E-state index contributed by atoms with van der Waals surface area (Å²) >= 11 is 1.67. The minimum Gasteiger partial charge on any atom is -0.444 e. The molecule has 0 spiro atoms. The third-order valence-electron chi connectivity index (χ3n) is 3.58. The summed E-state index contributed by atoms with van der Waals surface area (Å²) in [7, 11) is 0. The molecule has 2 aromatic heterocycles. The van der Waals surface area contributed by atoms with E-state index in [4.69, 9.17) is 4.74 Å². The number of nitrogens with zero attached hydrogens (tertiary/aromatic N) is 2. The molecule has 1 aliphatic heterocycles. The van der Waals surface area contributed by atoms with Crippen molar-refractivity contribution in [2.75, 3.05) is 6.54 Å². The zero-order valence-electron chi connectivity index (χ0n) is 13.1. The lowest BCUT2D eigenvalue weighted by molar-refractivity contribution is 0.0219. The van der Waals surface area contributed by atoms with Gasteiger partial charge >= 0.3 is 6.09 Å². The average molecular weight is 319 g/mol. The van der Waals surface area contributed by atoms with Gasteiger partial charge in [0, 0.05) is 6.54 Å². The van der Waals surface area contributed by atoms with Crippen LogP contribution in [-0.2, 0) is 4.74 Å². The number of aromatic nitrogens is 2. The first-order chi connectivity index (χ1) is 10.4. The fourth-order valence-electron chi connectivity index (χ4n) is 2.65. The Bertz CT molecular complexity index is 643. The molecule has 3 rings (SSSR count). The lowest BCUT2D eigenvalue weighted by Gasteiger charge is -2.27. The van der Waals surface area contributed by atoms with Crippen molar-refractivity contribution in [3.8, 4) is 10.6 Å². The van der Waals surface area contributed by atoms with E-state index >= 15 is 0 Å². The molecule has 1 saturated heterocycles. The Hall–Kier alpha value is -1.82. The van der Waals surface area contributed by atoms with Crippen molar-refractivity contribution >= 4 is 17.4 Å². The van der Waals surface area contributed by atoms with Crippen LogP contribution < -0.4 is 0 Å². The van der Waals surface area contributed by atoms with Gasteiger partial charge in [-0.3, -0.25) is 4.90 Å². The Kier molecular flexibility index (Phi) is 3.95. The number of carbonyl (C=O) groups is 1. The highest BCUT2D eigenvalue weighted by Gasteiger charge is 2.34. The van der Waals surface area contributed by atoms with Gasteiger partial charge in [0.1, 0.15) is 11.4 Å². The maximum Gasteiger partial charge on any atom is 0.410 e. The molecule has 1 aliphatic rings. The van der Waals surface area contributed by atoms with E-state index in [2.05, 4.69) is 16.0 Å². The molecule has 1 atom stereocenters. The normalized spacial score (nSPS) is 18.7. The number of imidazole rings is 1. The van der Waals surface area contributed by atoms with Crippen LogP contribution in [0.4, 0.5) is 4.79 Å². The second-order valence-corrected chi connectivity index (χ2v) is 7.44. The van der Waals surface area contributed by atoms with Crippen LogP contribution in [0.1, 0.15) is 45.5 Å². The Labute approximate surface area is 134 Å². The summed E-state index contributed by atoms with van der Waals surface area (Å²) in [5, 5.41) is 2.04. The number of aromatic amines is 1. The van der Waals surface area contributed by atoms with Crippen LogP contribution in [0.25, 0.3) is 10.6 Å². The molecule has 1 amide bonds. The number of carbonyl (C=O) groups excluding carboxylic acids is 1. The maximum atomic E-state index is 12.3. The van der Waals surface area contributed by atoms with Crippen molar-refractivity contribution in [3.63, 3.8) is 0 Å². The van der Waals surface area contributed by atoms with Crippen LogP contribution in [0, 0.1) is 0 Å². The summed E-state index contributed by atoms with van der Waals surface area (Å²) in [4.78, 5) is 23.1. The predicted octanol–water partition coefficient (Wildman–Crippen LogP) is 4.21. The molecule has 1 fully saturated rings. The van der Waals surface area contributed by atoms with Gasteiger partial charge in [0.05, 0.1) is 22.8 Å². The van der Waals surface area contributed by atoms with E-state index in [0.29, 0.717) is 6.54 Å². The number of thiophene rings is 1. The molecule has 22 heavy (non-hydrogen) atoms. The first kappa shape index (κ1) is 15.1. The second-order valence-electron chi connectivity index (χ2n) is 6.49. The van der Waals surface area contributed by atoms with Gasteiger partial charge in [-0.1, -0.05) is 6.07 Å². The van der Waals surface area contributed by atoms with Gasteiger partial charge in [-0.25, -0.2) is 9.78 Å². The lowest BCUT2D eigenvalue weighted by atomic mass is 10.2. The zero-order chi connectivity index (χ0) is 15.7. The number of H-pyrrole nitrogens is 1. The molecule has 0 aliphatic carbocycles. The van der Waals surface area contributed by atoms with Crippen LogP contribution in [0.5, 0.6) is 0 Å². The highest BCUT2D eigenvalue weighted by atomic mass is 32.1. The maximum absolute atomic E-state index is 12.3. The van der Waals surface area contributed by atoms with E-state index < -0.39 is 5.60 Å². The van der Waals surface area contributed by atoms with E-state index in [1.54, 1.807) is 16.2 Å². The number of likely N-dealkylation sites (tertiary alicyclic amines) is 1. The van der Waals surface area contributed by atoms with E-state index in [1.165, 1.54) is 0 Å². The van der Waals surface area contributed by atoms with Gasteiger partial charge in [0.15, 0.2) is 0 Å². The molecule has 0 unspecified atom stereocenters. The fourth-order valence-corrected chi connectivity index (χ4v) is 3.34. The van der Waals surface area contributed by atoms with Crippen molar-refractivity contribution in [3.05, 3.63) is 29.5 Å². The quantitative estimate of drug-likeness (QED) is 0.902. The standard InChI is InChI=1S/C16H21N3O2S/c1-16(2,3)21-15(20)19-8-4-6-12(19)14-17-10-11(18-14)13-7-5-9-22-13/h5,7,9-10,12H,4,6,8H2,1-3H3,(H,17,18)/t12-/m0/s1. The minimum atomic E-state index is -0.477. The summed E-state index contributed by atoms with van der Waals surface area (Å²) < 4.78 is 5.50. The van der Waals surface area contributed by atoms with E-state index in [1.807, 2.05) is 38.4 Å². The van der Waals surface area contributed by atoms with Crippen LogP contribution in [0.2, 0.25) is 0 Å². The van der Waals surface area contributed by atoms with Gasteiger partial charge in [-0.15, -0.1) is 11.3 Å². The molecule has 118 valence electrons. The Morgan fingerprint density at radius 2 is 2.32 bits per heavy atom. The predicted molar refractivity (Wildman–Crippen MR) is 86.8 cm³/mol. The number of hydrogen-bond donors (Lipinski definition) is 1. The molecular formula is C16H21N3O2S. The monoisotopic (exact) mass is 319 g/mol. The van der Waals surface area contributed by atoms with Crippen molar-refractivity contribution in [1.82, 2.24) is 14.9 Å². The topological polar surface area (TPSA) is 58.2 Å². The van der Waals surface area contributed by atoms with Gasteiger partial charge in [0.2, 0.25) is 0 Å². The smallest absolute Gasteiger partial charge is 0.410 e. The van der Waals surface area contributed by atoms with Crippen molar-refractivity contribution < 1.29 is 9.53 Å². The van der Waals surface area contributed by atoms with Crippen molar-refractivity contribution in [2.24, 2.45) is 0 Å². The van der Waals surface area contributed by atoms with E-state index in [9.17, 15) is 4.79 Å². The van der Waals surface area contributed by atoms with E-state index in [-0.39, 0.29) is 12.1 Å². The molecule has 5 nitrogen and oxygen atoms in total. The molecule has 3 heterocycles. The number of ether oxygens (including phenoxy) is 1. The highest BCUT2D eigenvalue weighted by molar-refractivity contribution is 7.13. The third-order valence-corrected chi connectivity index (χ3v) is 4.48. The zero-order valence-corrected chi connectivity index (χ0v) is 13.9. The molecular weight excluding hydrogens is 298 g/mol. The number of rotatable bonds is 2. The van der Waals surface area contributed by atoms with Gasteiger partial charge in [-0.05, 0) is 45.1 Å². The summed E-state index contributed by atoms with van der Waals surface area (Å²) in [5.41, 5.74) is 0.524. The number of nitrogens with one attached hydrogen (secondary N) is 1. The molecule has 0 saturated carbocycles. The Balaban J connectivity index is 1.77. The second kappa shape index (κ2) is 5.76. The molecule has 0 aromatic carbocycles. The summed E-state index contributed by atoms with van der Waals surface area (Å²) in [6, 6.07) is 4.05. The average Bonchev–Trinajstić information content (AvgIpc) is 3.17. The van der Waals surface area contributed by atoms with Gasteiger partial charge < -0.3 is 9.72 Å². The van der Waals surface area contributed by atoms with Crippen LogP contribution in [0.3, 0.4) is 0 Å². The summed E-state index contributed by atoms with van der Waals surface area (Å²) in [5.74, 6) is 0.840. The van der Waals surface area contributed by atoms with Crippen LogP contribution in [-0.4, -0.2) is 33.1 Å². The van der Waals surface area contributed by atoms with Crippen molar-refractivity contribution in [2.45, 2.75) is 45.3 Å². The molecule has 0 radical (unpaired) electrons.